The van der Waals surface area contributed by atoms with Gasteiger partial charge >= 0.3 is 0 Å². The van der Waals surface area contributed by atoms with Crippen molar-refractivity contribution in [1.29, 1.82) is 0 Å². The molecule has 0 fully saturated rings. The Morgan fingerprint density at radius 2 is 1.94 bits per heavy atom. The summed E-state index contributed by atoms with van der Waals surface area (Å²) in [6.45, 7) is 2.10. The highest BCUT2D eigenvalue weighted by molar-refractivity contribution is 7.98. The van der Waals surface area contributed by atoms with Crippen molar-refractivity contribution in [2.24, 2.45) is 0 Å². The zero-order chi connectivity index (χ0) is 13.5. The van der Waals surface area contributed by atoms with Crippen LogP contribution in [0.4, 0.5) is 0 Å². The fourth-order valence-corrected chi connectivity index (χ4v) is 2.23. The van der Waals surface area contributed by atoms with Gasteiger partial charge in [0.05, 0.1) is 19.1 Å². The lowest BCUT2D eigenvalue weighted by Crippen LogP contribution is -2.22. The van der Waals surface area contributed by atoms with E-state index in [4.69, 9.17) is 9.47 Å². The van der Waals surface area contributed by atoms with Gasteiger partial charge in [0.15, 0.2) is 0 Å². The first-order valence-electron chi connectivity index (χ1n) is 5.65. The van der Waals surface area contributed by atoms with Crippen LogP contribution < -0.4 is 14.8 Å². The number of hydrogen-bond acceptors (Lipinski definition) is 4. The summed E-state index contributed by atoms with van der Waals surface area (Å²) >= 11 is 1.61. The fraction of sp³-hybridized carbons (Fsp3) is 0.462. The SMILES string of the molecule is COc1cc(SC)c(OC)cc1CCNC(C)=O. The molecule has 0 unspecified atom stereocenters. The number of benzene rings is 1. The Hall–Kier alpha value is -1.36. The highest BCUT2D eigenvalue weighted by atomic mass is 32.2. The molecule has 1 aromatic carbocycles. The number of ether oxygens (including phenoxy) is 2. The molecule has 4 nitrogen and oxygen atoms in total. The molecule has 100 valence electrons. The number of methoxy groups -OCH3 is 2. The van der Waals surface area contributed by atoms with Crippen molar-refractivity contribution in [3.05, 3.63) is 17.7 Å². The van der Waals surface area contributed by atoms with Crippen LogP contribution in [-0.2, 0) is 11.2 Å². The van der Waals surface area contributed by atoms with Gasteiger partial charge in [-0.1, -0.05) is 0 Å². The molecular weight excluding hydrogens is 250 g/mol. The Balaban J connectivity index is 2.91. The van der Waals surface area contributed by atoms with E-state index in [2.05, 4.69) is 5.32 Å². The zero-order valence-corrected chi connectivity index (χ0v) is 12.0. The first-order chi connectivity index (χ1) is 8.62. The van der Waals surface area contributed by atoms with Crippen molar-refractivity contribution in [1.82, 2.24) is 5.32 Å². The van der Waals surface area contributed by atoms with Crippen LogP contribution in [0.3, 0.4) is 0 Å². The second-order valence-electron chi connectivity index (χ2n) is 3.75. The summed E-state index contributed by atoms with van der Waals surface area (Å²) in [5.74, 6) is 1.63. The topological polar surface area (TPSA) is 47.6 Å². The first kappa shape index (κ1) is 14.7. The third kappa shape index (κ3) is 3.84. The molecule has 1 N–H and O–H groups in total. The number of carbonyl (C=O) groups is 1. The van der Waals surface area contributed by atoms with Gasteiger partial charge in [-0.15, -0.1) is 11.8 Å². The summed E-state index contributed by atoms with van der Waals surface area (Å²) in [6, 6.07) is 3.93. The lowest BCUT2D eigenvalue weighted by atomic mass is 10.1. The summed E-state index contributed by atoms with van der Waals surface area (Å²) in [6.07, 6.45) is 2.71. The molecule has 0 aliphatic rings. The maximum Gasteiger partial charge on any atom is 0.216 e. The molecule has 0 saturated carbocycles. The van der Waals surface area contributed by atoms with E-state index >= 15 is 0 Å². The molecule has 5 heteroatoms. The van der Waals surface area contributed by atoms with Crippen molar-refractivity contribution in [2.75, 3.05) is 27.0 Å². The average molecular weight is 269 g/mol. The first-order valence-corrected chi connectivity index (χ1v) is 6.88. The molecule has 0 aliphatic heterocycles. The Kier molecular flexibility index (Phi) is 5.85. The molecule has 0 spiro atoms. The molecule has 1 rings (SSSR count). The molecule has 0 atom stereocenters. The average Bonchev–Trinajstić information content (AvgIpc) is 2.37. The zero-order valence-electron chi connectivity index (χ0n) is 11.2. The lowest BCUT2D eigenvalue weighted by molar-refractivity contribution is -0.118. The molecule has 0 radical (unpaired) electrons. The van der Waals surface area contributed by atoms with Crippen molar-refractivity contribution in [2.45, 2.75) is 18.2 Å². The maximum absolute atomic E-state index is 10.8. The van der Waals surface area contributed by atoms with Crippen molar-refractivity contribution in [3.63, 3.8) is 0 Å². The third-order valence-corrected chi connectivity index (χ3v) is 3.31. The Morgan fingerprint density at radius 1 is 1.28 bits per heavy atom. The van der Waals surface area contributed by atoms with E-state index < -0.39 is 0 Å². The summed E-state index contributed by atoms with van der Waals surface area (Å²) in [7, 11) is 3.30. The van der Waals surface area contributed by atoms with Crippen molar-refractivity contribution >= 4 is 17.7 Å². The van der Waals surface area contributed by atoms with Crippen LogP contribution in [0.25, 0.3) is 0 Å². The molecule has 0 aliphatic carbocycles. The summed E-state index contributed by atoms with van der Waals surface area (Å²) in [4.78, 5) is 11.9. The van der Waals surface area contributed by atoms with Gasteiger partial charge in [-0.25, -0.2) is 0 Å². The van der Waals surface area contributed by atoms with Gasteiger partial charge in [-0.2, -0.15) is 0 Å². The summed E-state index contributed by atoms with van der Waals surface area (Å²) < 4.78 is 10.7. The maximum atomic E-state index is 10.8. The number of rotatable bonds is 6. The van der Waals surface area contributed by atoms with Gasteiger partial charge in [0.2, 0.25) is 5.91 Å². The van der Waals surface area contributed by atoms with Crippen LogP contribution in [0.1, 0.15) is 12.5 Å². The smallest absolute Gasteiger partial charge is 0.216 e. The van der Waals surface area contributed by atoms with E-state index in [9.17, 15) is 4.79 Å². The predicted octanol–water partition coefficient (Wildman–Crippen LogP) is 2.10. The fourth-order valence-electron chi connectivity index (χ4n) is 1.66. The van der Waals surface area contributed by atoms with E-state index in [1.807, 2.05) is 18.4 Å². The van der Waals surface area contributed by atoms with Crippen LogP contribution >= 0.6 is 11.8 Å². The summed E-state index contributed by atoms with van der Waals surface area (Å²) in [5.41, 5.74) is 1.03. The van der Waals surface area contributed by atoms with Crippen LogP contribution in [0.15, 0.2) is 17.0 Å². The lowest BCUT2D eigenvalue weighted by Gasteiger charge is -2.13. The van der Waals surface area contributed by atoms with Crippen LogP contribution in [-0.4, -0.2) is 32.9 Å². The molecule has 1 aromatic rings. The van der Waals surface area contributed by atoms with Gasteiger partial charge in [0.25, 0.3) is 0 Å². The Bertz CT molecular complexity index is 421. The van der Waals surface area contributed by atoms with E-state index in [0.717, 1.165) is 22.0 Å². The molecule has 0 heterocycles. The van der Waals surface area contributed by atoms with Gasteiger partial charge < -0.3 is 14.8 Å². The monoisotopic (exact) mass is 269 g/mol. The molecule has 0 aromatic heterocycles. The number of carbonyl (C=O) groups excluding carboxylic acids is 1. The minimum absolute atomic E-state index is 0.0262. The molecular formula is C13H19NO3S. The van der Waals surface area contributed by atoms with Crippen molar-refractivity contribution in [3.8, 4) is 11.5 Å². The third-order valence-electron chi connectivity index (χ3n) is 2.55. The number of thioether (sulfide) groups is 1. The van der Waals surface area contributed by atoms with Crippen LogP contribution in [0.5, 0.6) is 11.5 Å². The van der Waals surface area contributed by atoms with E-state index in [0.29, 0.717) is 13.0 Å². The summed E-state index contributed by atoms with van der Waals surface area (Å²) in [5, 5.41) is 2.77. The van der Waals surface area contributed by atoms with Crippen LogP contribution in [0.2, 0.25) is 0 Å². The van der Waals surface area contributed by atoms with Gasteiger partial charge in [0.1, 0.15) is 11.5 Å². The normalized spacial score (nSPS) is 10.0. The predicted molar refractivity (Wildman–Crippen MR) is 73.7 cm³/mol. The standard InChI is InChI=1S/C13H19NO3S/c1-9(15)14-6-5-10-7-12(17-3)13(18-4)8-11(10)16-2/h7-8H,5-6H2,1-4H3,(H,14,15). The minimum atomic E-state index is -0.0262. The largest absolute Gasteiger partial charge is 0.496 e. The highest BCUT2D eigenvalue weighted by Crippen LogP contribution is 2.34. The van der Waals surface area contributed by atoms with Gasteiger partial charge in [0, 0.05) is 13.5 Å². The second kappa shape index (κ2) is 7.16. The Morgan fingerprint density at radius 3 is 2.44 bits per heavy atom. The number of nitrogens with one attached hydrogen (secondary N) is 1. The van der Waals surface area contributed by atoms with Gasteiger partial charge in [-0.05, 0) is 30.4 Å². The second-order valence-corrected chi connectivity index (χ2v) is 4.60. The molecule has 1 amide bonds. The van der Waals surface area contributed by atoms with E-state index in [1.165, 1.54) is 6.92 Å². The van der Waals surface area contributed by atoms with E-state index in [-0.39, 0.29) is 5.91 Å². The van der Waals surface area contributed by atoms with Crippen molar-refractivity contribution < 1.29 is 14.3 Å². The Labute approximate surface area is 112 Å². The quantitative estimate of drug-likeness (QED) is 0.803. The number of hydrogen-bond donors (Lipinski definition) is 1. The van der Waals surface area contributed by atoms with Gasteiger partial charge in [-0.3, -0.25) is 4.79 Å². The molecule has 18 heavy (non-hydrogen) atoms. The van der Waals surface area contributed by atoms with Crippen LogP contribution in [0, 0.1) is 0 Å². The number of amides is 1. The molecule has 0 saturated heterocycles. The highest BCUT2D eigenvalue weighted by Gasteiger charge is 2.10. The molecule has 0 bridgehead atoms. The minimum Gasteiger partial charge on any atom is -0.496 e. The van der Waals surface area contributed by atoms with E-state index in [1.54, 1.807) is 26.0 Å².